The van der Waals surface area contributed by atoms with E-state index in [9.17, 15) is 9.50 Å². The Balaban J connectivity index is 2.48. The van der Waals surface area contributed by atoms with Gasteiger partial charge in [-0.15, -0.1) is 0 Å². The predicted octanol–water partition coefficient (Wildman–Crippen LogP) is 1.49. The topological polar surface area (TPSA) is 55.5 Å². The molecule has 0 spiro atoms. The quantitative estimate of drug-likeness (QED) is 0.755. The van der Waals surface area contributed by atoms with Gasteiger partial charge in [0.2, 0.25) is 0 Å². The molecule has 1 aliphatic rings. The van der Waals surface area contributed by atoms with Crippen LogP contribution < -0.4 is 10.5 Å². The molecule has 76 valence electrons. The lowest BCUT2D eigenvalue weighted by Gasteiger charge is -2.12. The Kier molecular flexibility index (Phi) is 1.89. The van der Waals surface area contributed by atoms with E-state index in [0.717, 1.165) is 12.8 Å². The number of nitrogens with two attached hydrogens (primary N) is 1. The monoisotopic (exact) mass is 197 g/mol. The Bertz CT molecular complexity index is 375. The molecule has 3 N–H and O–H groups in total. The van der Waals surface area contributed by atoms with Crippen LogP contribution in [0.3, 0.4) is 0 Å². The fourth-order valence-corrected chi connectivity index (χ4v) is 1.44. The number of methoxy groups -OCH3 is 1. The van der Waals surface area contributed by atoms with Crippen LogP contribution in [-0.4, -0.2) is 12.2 Å². The maximum atomic E-state index is 13.2. The molecule has 0 aromatic heterocycles. The van der Waals surface area contributed by atoms with Crippen LogP contribution in [0, 0.1) is 5.82 Å². The van der Waals surface area contributed by atoms with Crippen molar-refractivity contribution >= 4 is 0 Å². The lowest BCUT2D eigenvalue weighted by molar-refractivity contribution is 0.355. The second kappa shape index (κ2) is 2.85. The maximum Gasteiger partial charge on any atom is 0.194 e. The molecule has 0 amide bonds. The summed E-state index contributed by atoms with van der Waals surface area (Å²) in [4.78, 5) is 0. The summed E-state index contributed by atoms with van der Waals surface area (Å²) in [6, 6.07) is 2.86. The third kappa shape index (κ3) is 1.32. The zero-order valence-corrected chi connectivity index (χ0v) is 7.88. The van der Waals surface area contributed by atoms with E-state index in [-0.39, 0.29) is 5.75 Å². The SMILES string of the molecule is COc1cc(C2(N)CC2)cc(F)c1O. The summed E-state index contributed by atoms with van der Waals surface area (Å²) in [5.74, 6) is -1.01. The normalized spacial score (nSPS) is 17.9. The molecular weight excluding hydrogens is 185 g/mol. The smallest absolute Gasteiger partial charge is 0.194 e. The molecule has 1 aliphatic carbocycles. The molecule has 0 heterocycles. The first-order valence-electron chi connectivity index (χ1n) is 4.43. The number of ether oxygens (including phenoxy) is 1. The molecule has 4 heteroatoms. The highest BCUT2D eigenvalue weighted by Crippen LogP contribution is 2.45. The molecule has 0 atom stereocenters. The third-order valence-corrected chi connectivity index (χ3v) is 2.61. The molecule has 0 bridgehead atoms. The van der Waals surface area contributed by atoms with Crippen molar-refractivity contribution < 1.29 is 14.2 Å². The highest BCUT2D eigenvalue weighted by Gasteiger charge is 2.40. The molecule has 0 radical (unpaired) electrons. The molecule has 1 saturated carbocycles. The summed E-state index contributed by atoms with van der Waals surface area (Å²) < 4.78 is 18.0. The molecule has 2 rings (SSSR count). The van der Waals surface area contributed by atoms with E-state index >= 15 is 0 Å². The molecule has 1 aromatic rings. The van der Waals surface area contributed by atoms with Crippen LogP contribution in [0.2, 0.25) is 0 Å². The Morgan fingerprint density at radius 1 is 1.50 bits per heavy atom. The van der Waals surface area contributed by atoms with Gasteiger partial charge in [-0.1, -0.05) is 0 Å². The number of phenolic OH excluding ortho intramolecular Hbond substituents is 1. The lowest BCUT2D eigenvalue weighted by atomic mass is 10.1. The van der Waals surface area contributed by atoms with Gasteiger partial charge < -0.3 is 15.6 Å². The van der Waals surface area contributed by atoms with E-state index in [1.165, 1.54) is 13.2 Å². The van der Waals surface area contributed by atoms with E-state index < -0.39 is 17.1 Å². The van der Waals surface area contributed by atoms with Gasteiger partial charge in [0.25, 0.3) is 0 Å². The zero-order valence-electron chi connectivity index (χ0n) is 7.88. The first-order chi connectivity index (χ1) is 6.57. The Labute approximate surface area is 81.3 Å². The van der Waals surface area contributed by atoms with Gasteiger partial charge in [-0.25, -0.2) is 4.39 Å². The standard InChI is InChI=1S/C10H12FNO2/c1-14-8-5-6(10(12)2-3-10)4-7(11)9(8)13/h4-5,13H,2-3,12H2,1H3. The van der Waals surface area contributed by atoms with E-state index in [0.29, 0.717) is 5.56 Å². The van der Waals surface area contributed by atoms with Crippen molar-refractivity contribution in [2.75, 3.05) is 7.11 Å². The van der Waals surface area contributed by atoms with Gasteiger partial charge >= 0.3 is 0 Å². The zero-order chi connectivity index (χ0) is 10.3. The van der Waals surface area contributed by atoms with Gasteiger partial charge in [-0.05, 0) is 30.5 Å². The minimum atomic E-state index is -0.684. The molecule has 14 heavy (non-hydrogen) atoms. The van der Waals surface area contributed by atoms with Crippen molar-refractivity contribution in [2.45, 2.75) is 18.4 Å². The maximum absolute atomic E-state index is 13.2. The predicted molar refractivity (Wildman–Crippen MR) is 49.7 cm³/mol. The number of rotatable bonds is 2. The number of benzene rings is 1. The molecule has 3 nitrogen and oxygen atoms in total. The van der Waals surface area contributed by atoms with Crippen molar-refractivity contribution in [1.82, 2.24) is 0 Å². The van der Waals surface area contributed by atoms with E-state index in [1.807, 2.05) is 0 Å². The van der Waals surface area contributed by atoms with Crippen LogP contribution in [-0.2, 0) is 5.54 Å². The van der Waals surface area contributed by atoms with Crippen molar-refractivity contribution in [2.24, 2.45) is 5.73 Å². The van der Waals surface area contributed by atoms with Crippen molar-refractivity contribution in [3.05, 3.63) is 23.5 Å². The highest BCUT2D eigenvalue weighted by molar-refractivity contribution is 5.46. The van der Waals surface area contributed by atoms with Gasteiger partial charge in [-0.3, -0.25) is 0 Å². The van der Waals surface area contributed by atoms with Gasteiger partial charge in [0, 0.05) is 5.54 Å². The average molecular weight is 197 g/mol. The lowest BCUT2D eigenvalue weighted by Crippen LogP contribution is -2.18. The number of halogens is 1. The van der Waals surface area contributed by atoms with Crippen LogP contribution in [0.5, 0.6) is 11.5 Å². The molecular formula is C10H12FNO2. The van der Waals surface area contributed by atoms with E-state index in [1.54, 1.807) is 6.07 Å². The molecule has 0 unspecified atom stereocenters. The average Bonchev–Trinajstić information content (AvgIpc) is 2.89. The van der Waals surface area contributed by atoms with Crippen LogP contribution in [0.1, 0.15) is 18.4 Å². The van der Waals surface area contributed by atoms with Crippen LogP contribution in [0.25, 0.3) is 0 Å². The molecule has 0 aliphatic heterocycles. The summed E-state index contributed by atoms with van der Waals surface area (Å²) in [5.41, 5.74) is 6.18. The van der Waals surface area contributed by atoms with Gasteiger partial charge in [0.05, 0.1) is 7.11 Å². The van der Waals surface area contributed by atoms with E-state index in [4.69, 9.17) is 10.5 Å². The Morgan fingerprint density at radius 3 is 2.64 bits per heavy atom. The van der Waals surface area contributed by atoms with Crippen LogP contribution in [0.4, 0.5) is 4.39 Å². The van der Waals surface area contributed by atoms with Crippen molar-refractivity contribution in [3.63, 3.8) is 0 Å². The van der Waals surface area contributed by atoms with Crippen LogP contribution >= 0.6 is 0 Å². The molecule has 0 saturated heterocycles. The minimum Gasteiger partial charge on any atom is -0.502 e. The Hall–Kier alpha value is -1.29. The summed E-state index contributed by atoms with van der Waals surface area (Å²) in [5, 5.41) is 9.27. The Morgan fingerprint density at radius 2 is 2.14 bits per heavy atom. The summed E-state index contributed by atoms with van der Waals surface area (Å²) in [7, 11) is 1.38. The van der Waals surface area contributed by atoms with Crippen molar-refractivity contribution in [1.29, 1.82) is 0 Å². The second-order valence-corrected chi connectivity index (χ2v) is 3.67. The summed E-state index contributed by atoms with van der Waals surface area (Å²) in [6.07, 6.45) is 1.70. The van der Waals surface area contributed by atoms with Crippen LogP contribution in [0.15, 0.2) is 12.1 Å². The van der Waals surface area contributed by atoms with Gasteiger partial charge in [0.15, 0.2) is 17.3 Å². The molecule has 1 fully saturated rings. The number of aromatic hydroxyl groups is 1. The second-order valence-electron chi connectivity index (χ2n) is 3.67. The van der Waals surface area contributed by atoms with E-state index in [2.05, 4.69) is 0 Å². The van der Waals surface area contributed by atoms with Crippen molar-refractivity contribution in [3.8, 4) is 11.5 Å². The fourth-order valence-electron chi connectivity index (χ4n) is 1.44. The first kappa shape index (κ1) is 9.27. The third-order valence-electron chi connectivity index (χ3n) is 2.61. The molecule has 1 aromatic carbocycles. The summed E-state index contributed by atoms with van der Waals surface area (Å²) >= 11 is 0. The largest absolute Gasteiger partial charge is 0.502 e. The van der Waals surface area contributed by atoms with Gasteiger partial charge in [-0.2, -0.15) is 0 Å². The first-order valence-corrected chi connectivity index (χ1v) is 4.43. The highest BCUT2D eigenvalue weighted by atomic mass is 19.1. The minimum absolute atomic E-state index is 0.136. The fraction of sp³-hybridized carbons (Fsp3) is 0.400. The number of hydrogen-bond donors (Lipinski definition) is 2. The number of phenols is 1. The number of hydrogen-bond acceptors (Lipinski definition) is 3. The summed E-state index contributed by atoms with van der Waals surface area (Å²) in [6.45, 7) is 0. The van der Waals surface area contributed by atoms with Gasteiger partial charge in [0.1, 0.15) is 0 Å².